The van der Waals surface area contributed by atoms with Gasteiger partial charge in [0.15, 0.2) is 0 Å². The quantitative estimate of drug-likeness (QED) is 0.745. The number of nitrogens with zero attached hydrogens (tertiary/aromatic N) is 2. The highest BCUT2D eigenvalue weighted by atomic mass is 35.5. The van der Waals surface area contributed by atoms with Gasteiger partial charge in [0.1, 0.15) is 11.0 Å². The van der Waals surface area contributed by atoms with Crippen LogP contribution in [0.4, 0.5) is 0 Å². The third-order valence-corrected chi connectivity index (χ3v) is 3.44. The summed E-state index contributed by atoms with van der Waals surface area (Å²) in [6, 6.07) is 5.98. The zero-order valence-electron chi connectivity index (χ0n) is 9.49. The molecule has 84 valence electrons. The van der Waals surface area contributed by atoms with Crippen molar-refractivity contribution in [2.24, 2.45) is 0 Å². The van der Waals surface area contributed by atoms with Gasteiger partial charge in [-0.25, -0.2) is 9.97 Å². The molecule has 0 aromatic carbocycles. The van der Waals surface area contributed by atoms with Gasteiger partial charge in [-0.15, -0.1) is 11.3 Å². The molecular formula is C12H13ClN2S. The van der Waals surface area contributed by atoms with Crippen molar-refractivity contribution in [2.75, 3.05) is 0 Å². The smallest absolute Gasteiger partial charge is 0.133 e. The standard InChI is InChI=1S/C12H13ClN2S/c1-7(2)12-14-9(6-11(13)15-12)10-5-4-8(3)16-10/h4-7H,1-3H3. The predicted octanol–water partition coefficient (Wildman–Crippen LogP) is 4.29. The van der Waals surface area contributed by atoms with Crippen molar-refractivity contribution in [2.45, 2.75) is 26.7 Å². The minimum atomic E-state index is 0.290. The number of aryl methyl sites for hydroxylation is 1. The minimum Gasteiger partial charge on any atom is -0.232 e. The summed E-state index contributed by atoms with van der Waals surface area (Å²) in [5, 5.41) is 0.514. The molecule has 0 saturated heterocycles. The summed E-state index contributed by atoms with van der Waals surface area (Å²) in [6.07, 6.45) is 0. The van der Waals surface area contributed by atoms with E-state index in [0.29, 0.717) is 11.1 Å². The molecule has 2 heterocycles. The lowest BCUT2D eigenvalue weighted by Gasteiger charge is -2.05. The van der Waals surface area contributed by atoms with Gasteiger partial charge in [-0.2, -0.15) is 0 Å². The van der Waals surface area contributed by atoms with Crippen LogP contribution in [0.5, 0.6) is 0 Å². The largest absolute Gasteiger partial charge is 0.232 e. The fraction of sp³-hybridized carbons (Fsp3) is 0.333. The number of thiophene rings is 1. The van der Waals surface area contributed by atoms with Crippen LogP contribution in [0, 0.1) is 6.92 Å². The summed E-state index contributed by atoms with van der Waals surface area (Å²) in [5.41, 5.74) is 0.918. The predicted molar refractivity (Wildman–Crippen MR) is 69.2 cm³/mol. The van der Waals surface area contributed by atoms with E-state index in [-0.39, 0.29) is 0 Å². The molecule has 0 aliphatic heterocycles. The lowest BCUT2D eigenvalue weighted by molar-refractivity contribution is 0.776. The molecule has 0 radical (unpaired) electrons. The Balaban J connectivity index is 2.49. The van der Waals surface area contributed by atoms with Gasteiger partial charge in [0.05, 0.1) is 10.6 Å². The highest BCUT2D eigenvalue weighted by Crippen LogP contribution is 2.28. The van der Waals surface area contributed by atoms with Crippen molar-refractivity contribution in [1.82, 2.24) is 9.97 Å². The number of hydrogen-bond donors (Lipinski definition) is 0. The highest BCUT2D eigenvalue weighted by Gasteiger charge is 2.09. The van der Waals surface area contributed by atoms with E-state index in [1.807, 2.05) is 6.07 Å². The van der Waals surface area contributed by atoms with E-state index in [0.717, 1.165) is 16.4 Å². The molecule has 16 heavy (non-hydrogen) atoms. The third-order valence-electron chi connectivity index (χ3n) is 2.22. The summed E-state index contributed by atoms with van der Waals surface area (Å²) in [7, 11) is 0. The van der Waals surface area contributed by atoms with Crippen LogP contribution >= 0.6 is 22.9 Å². The summed E-state index contributed by atoms with van der Waals surface area (Å²) in [5.74, 6) is 1.09. The molecule has 0 unspecified atom stereocenters. The van der Waals surface area contributed by atoms with Crippen molar-refractivity contribution in [3.8, 4) is 10.6 Å². The molecule has 2 aromatic heterocycles. The lowest BCUT2D eigenvalue weighted by atomic mass is 10.2. The van der Waals surface area contributed by atoms with E-state index >= 15 is 0 Å². The second-order valence-corrected chi connectivity index (χ2v) is 5.67. The van der Waals surface area contributed by atoms with Crippen LogP contribution in [0.1, 0.15) is 30.5 Å². The third kappa shape index (κ3) is 2.42. The topological polar surface area (TPSA) is 25.8 Å². The molecule has 2 aromatic rings. The average Bonchev–Trinajstić information content (AvgIpc) is 2.64. The molecule has 2 rings (SSSR count). The van der Waals surface area contributed by atoms with Crippen molar-refractivity contribution in [3.63, 3.8) is 0 Å². The number of halogens is 1. The Morgan fingerprint density at radius 3 is 2.56 bits per heavy atom. The minimum absolute atomic E-state index is 0.290. The fourth-order valence-corrected chi connectivity index (χ4v) is 2.41. The van der Waals surface area contributed by atoms with Crippen molar-refractivity contribution < 1.29 is 0 Å². The SMILES string of the molecule is Cc1ccc(-c2cc(Cl)nc(C(C)C)n2)s1. The van der Waals surface area contributed by atoms with Crippen molar-refractivity contribution in [3.05, 3.63) is 34.1 Å². The number of aromatic nitrogens is 2. The van der Waals surface area contributed by atoms with E-state index in [4.69, 9.17) is 11.6 Å². The first kappa shape index (κ1) is 11.6. The van der Waals surface area contributed by atoms with Crippen LogP contribution in [-0.2, 0) is 0 Å². The molecule has 0 bridgehead atoms. The van der Waals surface area contributed by atoms with Crippen LogP contribution < -0.4 is 0 Å². The van der Waals surface area contributed by atoms with E-state index in [1.54, 1.807) is 11.3 Å². The van der Waals surface area contributed by atoms with E-state index in [2.05, 4.69) is 42.9 Å². The molecule has 4 heteroatoms. The molecular weight excluding hydrogens is 240 g/mol. The molecule has 0 spiro atoms. The first-order chi connectivity index (χ1) is 7.56. The van der Waals surface area contributed by atoms with E-state index < -0.39 is 0 Å². The van der Waals surface area contributed by atoms with Gasteiger partial charge in [-0.05, 0) is 19.1 Å². The maximum atomic E-state index is 6.00. The van der Waals surface area contributed by atoms with Gasteiger partial charge in [-0.3, -0.25) is 0 Å². The fourth-order valence-electron chi connectivity index (χ4n) is 1.39. The van der Waals surface area contributed by atoms with Crippen LogP contribution in [0.25, 0.3) is 10.6 Å². The molecule has 0 aliphatic carbocycles. The Morgan fingerprint density at radius 1 is 1.25 bits per heavy atom. The van der Waals surface area contributed by atoms with Crippen LogP contribution in [0.15, 0.2) is 18.2 Å². The highest BCUT2D eigenvalue weighted by molar-refractivity contribution is 7.15. The average molecular weight is 253 g/mol. The van der Waals surface area contributed by atoms with Gasteiger partial charge in [-0.1, -0.05) is 25.4 Å². The normalized spacial score (nSPS) is 11.1. The summed E-state index contributed by atoms with van der Waals surface area (Å²) in [6.45, 7) is 6.21. The molecule has 0 atom stereocenters. The van der Waals surface area contributed by atoms with Crippen LogP contribution in [0.2, 0.25) is 5.15 Å². The van der Waals surface area contributed by atoms with Crippen molar-refractivity contribution >= 4 is 22.9 Å². The Labute approximate surface area is 104 Å². The Morgan fingerprint density at radius 2 is 2.00 bits per heavy atom. The molecule has 0 saturated carbocycles. The first-order valence-corrected chi connectivity index (χ1v) is 6.37. The Bertz CT molecular complexity index is 505. The lowest BCUT2D eigenvalue weighted by Crippen LogP contribution is -1.98. The zero-order chi connectivity index (χ0) is 11.7. The van der Waals surface area contributed by atoms with Gasteiger partial charge < -0.3 is 0 Å². The molecule has 0 aliphatic rings. The first-order valence-electron chi connectivity index (χ1n) is 5.17. The van der Waals surface area contributed by atoms with Gasteiger partial charge in [0.25, 0.3) is 0 Å². The van der Waals surface area contributed by atoms with Crippen molar-refractivity contribution in [1.29, 1.82) is 0 Å². The number of hydrogen-bond acceptors (Lipinski definition) is 3. The molecule has 2 nitrogen and oxygen atoms in total. The molecule has 0 fully saturated rings. The molecule has 0 amide bonds. The van der Waals surface area contributed by atoms with Gasteiger partial charge >= 0.3 is 0 Å². The second-order valence-electron chi connectivity index (χ2n) is 4.00. The van der Waals surface area contributed by atoms with Gasteiger partial charge in [0, 0.05) is 16.9 Å². The Hall–Kier alpha value is -0.930. The Kier molecular flexibility index (Phi) is 3.26. The van der Waals surface area contributed by atoms with Crippen LogP contribution in [0.3, 0.4) is 0 Å². The van der Waals surface area contributed by atoms with Gasteiger partial charge in [0.2, 0.25) is 0 Å². The van der Waals surface area contributed by atoms with Crippen LogP contribution in [-0.4, -0.2) is 9.97 Å². The number of rotatable bonds is 2. The summed E-state index contributed by atoms with van der Waals surface area (Å²) >= 11 is 7.73. The molecule has 0 N–H and O–H groups in total. The maximum Gasteiger partial charge on any atom is 0.133 e. The maximum absolute atomic E-state index is 6.00. The van der Waals surface area contributed by atoms with E-state index in [9.17, 15) is 0 Å². The monoisotopic (exact) mass is 252 g/mol. The summed E-state index contributed by atoms with van der Waals surface area (Å²) in [4.78, 5) is 11.2. The zero-order valence-corrected chi connectivity index (χ0v) is 11.1. The second kappa shape index (κ2) is 4.52. The summed E-state index contributed by atoms with van der Waals surface area (Å²) < 4.78 is 0. The van der Waals surface area contributed by atoms with E-state index in [1.165, 1.54) is 4.88 Å².